The molecule has 1 amide bonds. The van der Waals surface area contributed by atoms with Gasteiger partial charge in [0, 0.05) is 18.7 Å². The van der Waals surface area contributed by atoms with Crippen molar-refractivity contribution in [3.05, 3.63) is 64.7 Å². The zero-order chi connectivity index (χ0) is 18.7. The number of ether oxygens (including phenoxy) is 1. The number of benzene rings is 2. The Morgan fingerprint density at radius 2 is 1.85 bits per heavy atom. The maximum atomic E-state index is 12.6. The Morgan fingerprint density at radius 3 is 2.54 bits per heavy atom. The van der Waals surface area contributed by atoms with E-state index in [-0.39, 0.29) is 18.3 Å². The molecule has 0 saturated carbocycles. The lowest BCUT2D eigenvalue weighted by Gasteiger charge is -2.29. The minimum Gasteiger partial charge on any atom is -0.508 e. The highest BCUT2D eigenvalue weighted by Gasteiger charge is 2.27. The minimum atomic E-state index is -4.35. The third kappa shape index (κ3) is 4.54. The molecule has 0 bridgehead atoms. The first kappa shape index (κ1) is 18.3. The molecule has 0 spiro atoms. The standard InChI is InChI=1S/C19H18F3NO3/c20-19(21,22)12-26-11-13-1-3-15(4-2-13)18(25)23-8-7-14-5-6-17(24)9-16(14)10-23/h1-6,9,24H,7-8,10-12H2. The second-order valence-electron chi connectivity index (χ2n) is 6.23. The molecule has 0 unspecified atom stereocenters. The molecule has 7 heteroatoms. The van der Waals surface area contributed by atoms with E-state index in [4.69, 9.17) is 0 Å². The van der Waals surface area contributed by atoms with Gasteiger partial charge in [0.15, 0.2) is 0 Å². The highest BCUT2D eigenvalue weighted by Crippen LogP contribution is 2.24. The Bertz CT molecular complexity index is 788. The minimum absolute atomic E-state index is 0.151. The zero-order valence-corrected chi connectivity index (χ0v) is 13.9. The van der Waals surface area contributed by atoms with Crippen molar-refractivity contribution in [1.82, 2.24) is 4.90 Å². The van der Waals surface area contributed by atoms with Gasteiger partial charge in [0.25, 0.3) is 5.91 Å². The van der Waals surface area contributed by atoms with Gasteiger partial charge in [-0.3, -0.25) is 4.79 Å². The van der Waals surface area contributed by atoms with Gasteiger partial charge in [-0.2, -0.15) is 13.2 Å². The van der Waals surface area contributed by atoms with Crippen molar-refractivity contribution in [2.75, 3.05) is 13.2 Å². The number of aromatic hydroxyl groups is 1. The Balaban J connectivity index is 1.62. The normalized spacial score (nSPS) is 14.2. The fourth-order valence-corrected chi connectivity index (χ4v) is 2.93. The summed E-state index contributed by atoms with van der Waals surface area (Å²) < 4.78 is 40.8. The third-order valence-electron chi connectivity index (χ3n) is 4.22. The molecule has 138 valence electrons. The van der Waals surface area contributed by atoms with E-state index in [1.165, 1.54) is 0 Å². The maximum Gasteiger partial charge on any atom is 0.411 e. The highest BCUT2D eigenvalue weighted by molar-refractivity contribution is 5.94. The predicted molar refractivity (Wildman–Crippen MR) is 88.7 cm³/mol. The summed E-state index contributed by atoms with van der Waals surface area (Å²) in [6.45, 7) is -0.468. The molecule has 1 heterocycles. The Labute approximate surface area is 148 Å². The summed E-state index contributed by atoms with van der Waals surface area (Å²) in [4.78, 5) is 14.3. The number of amides is 1. The largest absolute Gasteiger partial charge is 0.508 e. The summed E-state index contributed by atoms with van der Waals surface area (Å²) in [7, 11) is 0. The molecule has 0 atom stereocenters. The van der Waals surface area contributed by atoms with Crippen LogP contribution in [0.1, 0.15) is 27.0 Å². The Morgan fingerprint density at radius 1 is 1.12 bits per heavy atom. The van der Waals surface area contributed by atoms with Crippen LogP contribution in [0.15, 0.2) is 42.5 Å². The van der Waals surface area contributed by atoms with Crippen molar-refractivity contribution in [3.63, 3.8) is 0 Å². The molecule has 1 N–H and O–H groups in total. The smallest absolute Gasteiger partial charge is 0.411 e. The first-order valence-corrected chi connectivity index (χ1v) is 8.15. The number of nitrogens with zero attached hydrogens (tertiary/aromatic N) is 1. The van der Waals surface area contributed by atoms with Crippen molar-refractivity contribution >= 4 is 5.91 Å². The van der Waals surface area contributed by atoms with Crippen LogP contribution < -0.4 is 0 Å². The lowest BCUT2D eigenvalue weighted by atomic mass is 9.98. The number of phenols is 1. The maximum absolute atomic E-state index is 12.6. The van der Waals surface area contributed by atoms with Crippen LogP contribution in [0, 0.1) is 0 Å². The summed E-state index contributed by atoms with van der Waals surface area (Å²) in [5.41, 5.74) is 3.07. The van der Waals surface area contributed by atoms with E-state index < -0.39 is 12.8 Å². The van der Waals surface area contributed by atoms with Crippen LogP contribution in [0.3, 0.4) is 0 Å². The molecule has 3 rings (SSSR count). The second kappa shape index (κ2) is 7.37. The average molecular weight is 365 g/mol. The quantitative estimate of drug-likeness (QED) is 0.900. The van der Waals surface area contributed by atoms with Gasteiger partial charge in [0.05, 0.1) is 6.61 Å². The van der Waals surface area contributed by atoms with Crippen LogP contribution in [0.25, 0.3) is 0 Å². The summed E-state index contributed by atoms with van der Waals surface area (Å²) in [5, 5.41) is 9.60. The van der Waals surface area contributed by atoms with Crippen LogP contribution in [-0.2, 0) is 24.3 Å². The molecule has 0 radical (unpaired) electrons. The van der Waals surface area contributed by atoms with Crippen LogP contribution >= 0.6 is 0 Å². The monoisotopic (exact) mass is 365 g/mol. The van der Waals surface area contributed by atoms with Gasteiger partial charge in [-0.05, 0) is 47.4 Å². The zero-order valence-electron chi connectivity index (χ0n) is 13.9. The number of carbonyl (C=O) groups is 1. The molecular weight excluding hydrogens is 347 g/mol. The van der Waals surface area contributed by atoms with Crippen LogP contribution in [0.4, 0.5) is 13.2 Å². The number of hydrogen-bond acceptors (Lipinski definition) is 3. The number of carbonyl (C=O) groups excluding carboxylic acids is 1. The molecule has 0 aliphatic carbocycles. The topological polar surface area (TPSA) is 49.8 Å². The van der Waals surface area contributed by atoms with Gasteiger partial charge < -0.3 is 14.7 Å². The van der Waals surface area contributed by atoms with Crippen molar-refractivity contribution < 1.29 is 27.8 Å². The highest BCUT2D eigenvalue weighted by atomic mass is 19.4. The van der Waals surface area contributed by atoms with Crippen molar-refractivity contribution in [2.45, 2.75) is 25.7 Å². The van der Waals surface area contributed by atoms with Crippen molar-refractivity contribution in [3.8, 4) is 5.75 Å². The summed E-state index contributed by atoms with van der Waals surface area (Å²) in [6.07, 6.45) is -3.64. The van der Waals surface area contributed by atoms with E-state index in [9.17, 15) is 23.1 Å². The summed E-state index contributed by atoms with van der Waals surface area (Å²) in [5.74, 6) is 0.0167. The van der Waals surface area contributed by atoms with E-state index in [0.29, 0.717) is 30.6 Å². The molecule has 2 aromatic carbocycles. The predicted octanol–water partition coefficient (Wildman–Crippen LogP) is 3.67. The van der Waals surface area contributed by atoms with E-state index in [1.54, 1.807) is 41.3 Å². The van der Waals surface area contributed by atoms with Crippen molar-refractivity contribution in [2.24, 2.45) is 0 Å². The summed E-state index contributed by atoms with van der Waals surface area (Å²) in [6, 6.07) is 11.5. The number of fused-ring (bicyclic) bond motifs is 1. The molecule has 1 aliphatic heterocycles. The Hall–Kier alpha value is -2.54. The fourth-order valence-electron chi connectivity index (χ4n) is 2.93. The molecule has 0 fully saturated rings. The number of alkyl halides is 3. The molecule has 0 aromatic heterocycles. The molecule has 4 nitrogen and oxygen atoms in total. The van der Waals surface area contributed by atoms with Gasteiger partial charge in [0.1, 0.15) is 12.4 Å². The van der Waals surface area contributed by atoms with E-state index >= 15 is 0 Å². The molecule has 1 aliphatic rings. The average Bonchev–Trinajstić information content (AvgIpc) is 2.60. The van der Waals surface area contributed by atoms with E-state index in [0.717, 1.165) is 11.1 Å². The molecule has 0 saturated heterocycles. The number of rotatable bonds is 4. The first-order valence-electron chi connectivity index (χ1n) is 8.15. The van der Waals surface area contributed by atoms with Gasteiger partial charge in [-0.25, -0.2) is 0 Å². The SMILES string of the molecule is O=C(c1ccc(COCC(F)(F)F)cc1)N1CCc2ccc(O)cc2C1. The molecular formula is C19H18F3NO3. The number of phenolic OH excluding ortho intramolecular Hbond substituents is 1. The molecule has 2 aromatic rings. The van der Waals surface area contributed by atoms with Crippen LogP contribution in [0.2, 0.25) is 0 Å². The molecule has 26 heavy (non-hydrogen) atoms. The van der Waals surface area contributed by atoms with Gasteiger partial charge in [0.2, 0.25) is 0 Å². The lowest BCUT2D eigenvalue weighted by molar-refractivity contribution is -0.176. The number of halogens is 3. The lowest BCUT2D eigenvalue weighted by Crippen LogP contribution is -2.35. The van der Waals surface area contributed by atoms with Crippen LogP contribution in [-0.4, -0.2) is 35.2 Å². The summed E-state index contributed by atoms with van der Waals surface area (Å²) >= 11 is 0. The van der Waals surface area contributed by atoms with Crippen molar-refractivity contribution in [1.29, 1.82) is 0 Å². The van der Waals surface area contributed by atoms with Crippen LogP contribution in [0.5, 0.6) is 5.75 Å². The first-order chi connectivity index (χ1) is 12.3. The van der Waals surface area contributed by atoms with Gasteiger partial charge in [-0.15, -0.1) is 0 Å². The van der Waals surface area contributed by atoms with E-state index in [1.807, 2.05) is 6.07 Å². The fraction of sp³-hybridized carbons (Fsp3) is 0.316. The van der Waals surface area contributed by atoms with Gasteiger partial charge in [-0.1, -0.05) is 18.2 Å². The van der Waals surface area contributed by atoms with Gasteiger partial charge >= 0.3 is 6.18 Å². The third-order valence-corrected chi connectivity index (χ3v) is 4.22. The second-order valence-corrected chi connectivity index (χ2v) is 6.23. The number of hydrogen-bond donors (Lipinski definition) is 1. The Kier molecular flexibility index (Phi) is 5.18. The van der Waals surface area contributed by atoms with E-state index in [2.05, 4.69) is 4.74 Å².